The van der Waals surface area contributed by atoms with Crippen LogP contribution in [-0.4, -0.2) is 37.3 Å². The van der Waals surface area contributed by atoms with Crippen LogP contribution in [0.2, 0.25) is 0 Å². The van der Waals surface area contributed by atoms with Gasteiger partial charge in [-0.05, 0) is 26.7 Å². The summed E-state index contributed by atoms with van der Waals surface area (Å²) in [6.45, 7) is 4.44. The van der Waals surface area contributed by atoms with Crippen molar-refractivity contribution in [3.8, 4) is 0 Å². The topological polar surface area (TPSA) is 95.7 Å². The van der Waals surface area contributed by atoms with E-state index in [0.29, 0.717) is 17.7 Å². The molecule has 0 aromatic carbocycles. The number of H-pyrrole nitrogens is 1. The number of hydrazine groups is 1. The first kappa shape index (κ1) is 12.2. The number of fused-ring (bicyclic) bond motifs is 1. The first-order valence-corrected chi connectivity index (χ1v) is 6.66. The maximum absolute atomic E-state index is 5.73. The summed E-state index contributed by atoms with van der Waals surface area (Å²) in [7, 11) is 0. The molecule has 4 N–H and O–H groups in total. The van der Waals surface area contributed by atoms with E-state index < -0.39 is 0 Å². The Labute approximate surface area is 111 Å². The fraction of sp³-hybridized carbons (Fsp3) is 0.583. The number of aromatic nitrogens is 4. The second-order valence-electron chi connectivity index (χ2n) is 5.21. The van der Waals surface area contributed by atoms with E-state index >= 15 is 0 Å². The third kappa shape index (κ3) is 2.21. The van der Waals surface area contributed by atoms with Crippen LogP contribution >= 0.6 is 0 Å². The van der Waals surface area contributed by atoms with Gasteiger partial charge in [-0.2, -0.15) is 15.1 Å². The number of hydrogen-bond acceptors (Lipinski definition) is 6. The molecule has 1 saturated heterocycles. The van der Waals surface area contributed by atoms with Crippen molar-refractivity contribution in [1.29, 1.82) is 0 Å². The van der Waals surface area contributed by atoms with Crippen LogP contribution in [0.25, 0.3) is 11.0 Å². The van der Waals surface area contributed by atoms with Crippen LogP contribution in [0.5, 0.6) is 0 Å². The van der Waals surface area contributed by atoms with Gasteiger partial charge >= 0.3 is 0 Å². The Morgan fingerprint density at radius 3 is 2.79 bits per heavy atom. The Hall–Kier alpha value is -1.89. The minimum atomic E-state index is 0.247. The quantitative estimate of drug-likeness (QED) is 0.758. The standard InChI is InChI=1S/C12H19N7/c1-7-4-3-5-8(2)19(7)18-11-9-6-14-17-10(9)15-12(13)16-11/h6-8H,3-5H2,1-2H3,(H4,13,14,15,16,17,18). The van der Waals surface area contributed by atoms with E-state index in [9.17, 15) is 0 Å². The number of nitrogen functional groups attached to an aromatic ring is 1. The summed E-state index contributed by atoms with van der Waals surface area (Å²) in [5, 5.41) is 9.92. The third-order valence-electron chi connectivity index (χ3n) is 3.76. The summed E-state index contributed by atoms with van der Waals surface area (Å²) in [5.74, 6) is 0.966. The fourth-order valence-electron chi connectivity index (χ4n) is 2.70. The highest BCUT2D eigenvalue weighted by molar-refractivity contribution is 5.86. The molecular formula is C12H19N7. The van der Waals surface area contributed by atoms with Crippen molar-refractivity contribution in [3.63, 3.8) is 0 Å². The lowest BCUT2D eigenvalue weighted by Gasteiger charge is -2.39. The van der Waals surface area contributed by atoms with Gasteiger partial charge in [-0.1, -0.05) is 6.42 Å². The molecule has 19 heavy (non-hydrogen) atoms. The number of nitrogens with two attached hydrogens (primary N) is 1. The number of nitrogens with zero attached hydrogens (tertiary/aromatic N) is 4. The zero-order chi connectivity index (χ0) is 13.4. The van der Waals surface area contributed by atoms with Crippen molar-refractivity contribution in [2.24, 2.45) is 0 Å². The normalized spacial score (nSPS) is 24.7. The summed E-state index contributed by atoms with van der Waals surface area (Å²) in [5.41, 5.74) is 9.78. The average Bonchev–Trinajstić information content (AvgIpc) is 2.81. The number of piperidine rings is 1. The molecule has 0 radical (unpaired) electrons. The molecule has 2 aromatic rings. The Morgan fingerprint density at radius 1 is 1.32 bits per heavy atom. The zero-order valence-electron chi connectivity index (χ0n) is 11.2. The molecule has 0 spiro atoms. The number of rotatable bonds is 2. The lowest BCUT2D eigenvalue weighted by Crippen LogP contribution is -2.47. The van der Waals surface area contributed by atoms with Gasteiger partial charge in [0.05, 0.1) is 11.6 Å². The number of nitrogens with one attached hydrogen (secondary N) is 2. The predicted octanol–water partition coefficient (Wildman–Crippen LogP) is 1.52. The lowest BCUT2D eigenvalue weighted by molar-refractivity contribution is 0.135. The maximum atomic E-state index is 5.73. The van der Waals surface area contributed by atoms with Crippen molar-refractivity contribution in [2.45, 2.75) is 45.2 Å². The second kappa shape index (κ2) is 4.65. The van der Waals surface area contributed by atoms with E-state index in [1.165, 1.54) is 19.3 Å². The van der Waals surface area contributed by atoms with Crippen LogP contribution in [0.1, 0.15) is 33.1 Å². The molecule has 3 heterocycles. The van der Waals surface area contributed by atoms with Gasteiger partial charge in [0, 0.05) is 12.1 Å². The molecule has 0 saturated carbocycles. The van der Waals surface area contributed by atoms with Gasteiger partial charge in [0.15, 0.2) is 11.5 Å². The van der Waals surface area contributed by atoms with Crippen molar-refractivity contribution in [2.75, 3.05) is 11.2 Å². The van der Waals surface area contributed by atoms with E-state index in [2.05, 4.69) is 44.4 Å². The summed E-state index contributed by atoms with van der Waals surface area (Å²) < 4.78 is 0. The molecule has 0 aliphatic carbocycles. The summed E-state index contributed by atoms with van der Waals surface area (Å²) >= 11 is 0. The van der Waals surface area contributed by atoms with Gasteiger partial charge in [0.25, 0.3) is 0 Å². The molecular weight excluding hydrogens is 242 g/mol. The first-order chi connectivity index (χ1) is 9.15. The van der Waals surface area contributed by atoms with E-state index in [1.54, 1.807) is 6.20 Å². The molecule has 3 rings (SSSR count). The zero-order valence-corrected chi connectivity index (χ0v) is 11.2. The van der Waals surface area contributed by atoms with Gasteiger partial charge in [-0.25, -0.2) is 5.01 Å². The highest BCUT2D eigenvalue weighted by Crippen LogP contribution is 2.25. The SMILES string of the molecule is CC1CCCC(C)N1Nc1nc(N)nc2[nH]ncc12. The summed E-state index contributed by atoms with van der Waals surface area (Å²) in [6.07, 6.45) is 5.36. The van der Waals surface area contributed by atoms with Gasteiger partial charge in [-0.15, -0.1) is 0 Å². The van der Waals surface area contributed by atoms with E-state index in [0.717, 1.165) is 11.2 Å². The number of aromatic amines is 1. The smallest absolute Gasteiger partial charge is 0.224 e. The van der Waals surface area contributed by atoms with Gasteiger partial charge < -0.3 is 11.2 Å². The molecule has 2 unspecified atom stereocenters. The molecule has 1 aliphatic heterocycles. The highest BCUT2D eigenvalue weighted by atomic mass is 15.5. The Kier molecular flexibility index (Phi) is 2.98. The molecule has 0 bridgehead atoms. The van der Waals surface area contributed by atoms with Crippen LogP contribution in [0.4, 0.5) is 11.8 Å². The Morgan fingerprint density at radius 2 is 2.05 bits per heavy atom. The number of hydrogen-bond donors (Lipinski definition) is 3. The van der Waals surface area contributed by atoms with Crippen LogP contribution in [0.3, 0.4) is 0 Å². The van der Waals surface area contributed by atoms with Gasteiger partial charge in [-0.3, -0.25) is 5.10 Å². The molecule has 102 valence electrons. The molecule has 2 atom stereocenters. The minimum Gasteiger partial charge on any atom is -0.368 e. The molecule has 0 amide bonds. The van der Waals surface area contributed by atoms with Crippen molar-refractivity contribution in [1.82, 2.24) is 25.2 Å². The van der Waals surface area contributed by atoms with Crippen LogP contribution in [0, 0.1) is 0 Å². The van der Waals surface area contributed by atoms with Gasteiger partial charge in [0.2, 0.25) is 5.95 Å². The van der Waals surface area contributed by atoms with Crippen molar-refractivity contribution >= 4 is 22.8 Å². The monoisotopic (exact) mass is 261 g/mol. The molecule has 1 aliphatic rings. The highest BCUT2D eigenvalue weighted by Gasteiger charge is 2.25. The lowest BCUT2D eigenvalue weighted by atomic mass is 10.00. The second-order valence-corrected chi connectivity index (χ2v) is 5.21. The first-order valence-electron chi connectivity index (χ1n) is 6.66. The van der Waals surface area contributed by atoms with Crippen LogP contribution in [-0.2, 0) is 0 Å². The van der Waals surface area contributed by atoms with Crippen molar-refractivity contribution < 1.29 is 0 Å². The van der Waals surface area contributed by atoms with Crippen LogP contribution < -0.4 is 11.2 Å². The maximum Gasteiger partial charge on any atom is 0.224 e. The minimum absolute atomic E-state index is 0.247. The Balaban J connectivity index is 1.93. The van der Waals surface area contributed by atoms with Crippen LogP contribution in [0.15, 0.2) is 6.20 Å². The number of anilines is 2. The van der Waals surface area contributed by atoms with Gasteiger partial charge in [0.1, 0.15) is 0 Å². The average molecular weight is 261 g/mol. The van der Waals surface area contributed by atoms with Crippen molar-refractivity contribution in [3.05, 3.63) is 6.20 Å². The summed E-state index contributed by atoms with van der Waals surface area (Å²) in [4.78, 5) is 8.41. The fourth-order valence-corrected chi connectivity index (χ4v) is 2.70. The molecule has 7 heteroatoms. The van der Waals surface area contributed by atoms with E-state index in [-0.39, 0.29) is 5.95 Å². The largest absolute Gasteiger partial charge is 0.368 e. The Bertz CT molecular complexity index is 568. The summed E-state index contributed by atoms with van der Waals surface area (Å²) in [6, 6.07) is 0.948. The molecule has 1 fully saturated rings. The molecule has 7 nitrogen and oxygen atoms in total. The predicted molar refractivity (Wildman–Crippen MR) is 74.3 cm³/mol. The van der Waals surface area contributed by atoms with E-state index in [4.69, 9.17) is 5.73 Å². The molecule has 2 aromatic heterocycles. The van der Waals surface area contributed by atoms with E-state index in [1.807, 2.05) is 0 Å². The third-order valence-corrected chi connectivity index (χ3v) is 3.76.